The van der Waals surface area contributed by atoms with Gasteiger partial charge in [0.1, 0.15) is 5.57 Å². The average Bonchev–Trinajstić information content (AvgIpc) is 2.52. The van der Waals surface area contributed by atoms with Gasteiger partial charge in [0.2, 0.25) is 0 Å². The van der Waals surface area contributed by atoms with Crippen molar-refractivity contribution in [2.75, 3.05) is 13.2 Å². The fraction of sp³-hybridized carbons (Fsp3) is 0.800. The number of hydrogen-bond acceptors (Lipinski definition) is 4. The number of esters is 2. The minimum absolute atomic E-state index is 0.0610. The fourth-order valence-electron chi connectivity index (χ4n) is 2.24. The maximum atomic E-state index is 12.4. The maximum absolute atomic E-state index is 12.4. The maximum Gasteiger partial charge on any atom is 0.345 e. The zero-order chi connectivity index (χ0) is 18.5. The van der Waals surface area contributed by atoms with Crippen LogP contribution >= 0.6 is 0 Å². The van der Waals surface area contributed by atoms with Gasteiger partial charge >= 0.3 is 11.9 Å². The van der Waals surface area contributed by atoms with Crippen LogP contribution in [0, 0.1) is 17.8 Å². The van der Waals surface area contributed by atoms with Gasteiger partial charge in [0.05, 0.1) is 13.2 Å². The van der Waals surface area contributed by atoms with Crippen molar-refractivity contribution in [3.63, 3.8) is 0 Å². The molecule has 0 saturated heterocycles. The van der Waals surface area contributed by atoms with Gasteiger partial charge in [-0.25, -0.2) is 9.59 Å². The first-order valence-corrected chi connectivity index (χ1v) is 9.37. The molecule has 0 radical (unpaired) electrons. The third-order valence-corrected chi connectivity index (χ3v) is 3.53. The minimum Gasteiger partial charge on any atom is -0.462 e. The van der Waals surface area contributed by atoms with Crippen molar-refractivity contribution < 1.29 is 19.1 Å². The van der Waals surface area contributed by atoms with E-state index in [1.807, 2.05) is 27.7 Å². The molecular formula is C20H36O4. The number of carbonyl (C=O) groups is 2. The molecule has 0 aliphatic rings. The zero-order valence-electron chi connectivity index (χ0n) is 16.4. The summed E-state index contributed by atoms with van der Waals surface area (Å²) in [4.78, 5) is 24.7. The lowest BCUT2D eigenvalue weighted by atomic mass is 9.94. The van der Waals surface area contributed by atoms with Gasteiger partial charge in [-0.15, -0.1) is 0 Å². The Balaban J connectivity index is 5.19. The number of hydrogen-bond donors (Lipinski definition) is 0. The summed E-state index contributed by atoms with van der Waals surface area (Å²) >= 11 is 0. The number of allylic oxidation sites excluding steroid dienone is 1. The SMILES string of the molecule is CCCCC(C=C(C(=O)OCC(C)C)C(=O)OCC(C)C)CCC. The molecule has 4 heteroatoms. The van der Waals surface area contributed by atoms with E-state index in [9.17, 15) is 9.59 Å². The molecule has 1 unspecified atom stereocenters. The molecule has 0 aliphatic carbocycles. The van der Waals surface area contributed by atoms with E-state index in [1.54, 1.807) is 6.08 Å². The van der Waals surface area contributed by atoms with Gasteiger partial charge < -0.3 is 9.47 Å². The van der Waals surface area contributed by atoms with Crippen molar-refractivity contribution in [3.8, 4) is 0 Å². The molecule has 0 aliphatic heterocycles. The van der Waals surface area contributed by atoms with E-state index in [0.29, 0.717) is 13.2 Å². The van der Waals surface area contributed by atoms with Gasteiger partial charge in [0.15, 0.2) is 0 Å². The van der Waals surface area contributed by atoms with Gasteiger partial charge in [0.25, 0.3) is 0 Å². The number of carbonyl (C=O) groups excluding carboxylic acids is 2. The lowest BCUT2D eigenvalue weighted by molar-refractivity contribution is -0.148. The van der Waals surface area contributed by atoms with Crippen LogP contribution < -0.4 is 0 Å². The Labute approximate surface area is 148 Å². The quantitative estimate of drug-likeness (QED) is 0.219. The summed E-state index contributed by atoms with van der Waals surface area (Å²) in [7, 11) is 0. The summed E-state index contributed by atoms with van der Waals surface area (Å²) in [5.41, 5.74) is 0.0610. The van der Waals surface area contributed by atoms with E-state index in [1.165, 1.54) is 0 Å². The summed E-state index contributed by atoms with van der Waals surface area (Å²) in [6, 6.07) is 0. The Kier molecular flexibility index (Phi) is 12.3. The first kappa shape index (κ1) is 22.7. The van der Waals surface area contributed by atoms with Gasteiger partial charge in [-0.2, -0.15) is 0 Å². The number of unbranched alkanes of at least 4 members (excludes halogenated alkanes) is 1. The van der Waals surface area contributed by atoms with Crippen molar-refractivity contribution in [3.05, 3.63) is 11.6 Å². The van der Waals surface area contributed by atoms with Crippen LogP contribution in [0.4, 0.5) is 0 Å². The molecule has 0 rings (SSSR count). The van der Waals surface area contributed by atoms with Crippen LogP contribution in [0.3, 0.4) is 0 Å². The molecule has 0 spiro atoms. The highest BCUT2D eigenvalue weighted by molar-refractivity contribution is 6.14. The van der Waals surface area contributed by atoms with E-state index < -0.39 is 11.9 Å². The number of ether oxygens (including phenoxy) is 2. The summed E-state index contributed by atoms with van der Waals surface area (Å²) in [6.45, 7) is 12.7. The van der Waals surface area contributed by atoms with Crippen LogP contribution in [0.1, 0.15) is 73.6 Å². The first-order valence-electron chi connectivity index (χ1n) is 9.37. The van der Waals surface area contributed by atoms with Crippen LogP contribution in [0.2, 0.25) is 0 Å². The molecule has 0 aromatic rings. The molecule has 0 N–H and O–H groups in total. The van der Waals surface area contributed by atoms with E-state index in [-0.39, 0.29) is 23.3 Å². The van der Waals surface area contributed by atoms with Gasteiger partial charge in [-0.3, -0.25) is 0 Å². The fourth-order valence-corrected chi connectivity index (χ4v) is 2.24. The van der Waals surface area contributed by atoms with Crippen LogP contribution in [0.25, 0.3) is 0 Å². The molecule has 0 saturated carbocycles. The lowest BCUT2D eigenvalue weighted by Gasteiger charge is -2.15. The molecule has 0 aromatic carbocycles. The predicted molar refractivity (Wildman–Crippen MR) is 97.6 cm³/mol. The molecular weight excluding hydrogens is 304 g/mol. The Bertz CT molecular complexity index is 370. The second-order valence-electron chi connectivity index (χ2n) is 7.26. The molecule has 0 bridgehead atoms. The Morgan fingerprint density at radius 2 is 1.33 bits per heavy atom. The van der Waals surface area contributed by atoms with Gasteiger partial charge in [-0.05, 0) is 30.6 Å². The molecule has 0 heterocycles. The van der Waals surface area contributed by atoms with E-state index >= 15 is 0 Å². The second-order valence-corrected chi connectivity index (χ2v) is 7.26. The third-order valence-electron chi connectivity index (χ3n) is 3.53. The summed E-state index contributed by atoms with van der Waals surface area (Å²) in [5.74, 6) is -0.449. The normalized spacial score (nSPS) is 12.2. The monoisotopic (exact) mass is 340 g/mol. The summed E-state index contributed by atoms with van der Waals surface area (Å²) in [6.07, 6.45) is 6.90. The average molecular weight is 341 g/mol. The Morgan fingerprint density at radius 1 is 0.833 bits per heavy atom. The zero-order valence-corrected chi connectivity index (χ0v) is 16.4. The van der Waals surface area contributed by atoms with Gasteiger partial charge in [0, 0.05) is 0 Å². The molecule has 140 valence electrons. The topological polar surface area (TPSA) is 52.6 Å². The van der Waals surface area contributed by atoms with Gasteiger partial charge in [-0.1, -0.05) is 66.9 Å². The molecule has 1 atom stereocenters. The van der Waals surface area contributed by atoms with Crippen molar-refractivity contribution in [2.24, 2.45) is 17.8 Å². The smallest absolute Gasteiger partial charge is 0.345 e. The highest BCUT2D eigenvalue weighted by atomic mass is 16.6. The standard InChI is InChI=1S/C20H36O4/c1-7-9-11-17(10-8-2)12-18(19(21)23-13-15(3)4)20(22)24-14-16(5)6/h12,15-17H,7-11,13-14H2,1-6H3. The lowest BCUT2D eigenvalue weighted by Crippen LogP contribution is -2.22. The van der Waals surface area contributed by atoms with Crippen LogP contribution in [-0.4, -0.2) is 25.2 Å². The van der Waals surface area contributed by atoms with Crippen LogP contribution in [0.5, 0.6) is 0 Å². The van der Waals surface area contributed by atoms with E-state index in [4.69, 9.17) is 9.47 Å². The highest BCUT2D eigenvalue weighted by Gasteiger charge is 2.23. The predicted octanol–water partition coefficient (Wildman–Crippen LogP) is 4.92. The molecule has 24 heavy (non-hydrogen) atoms. The molecule has 4 nitrogen and oxygen atoms in total. The first-order chi connectivity index (χ1) is 11.3. The Morgan fingerprint density at radius 3 is 1.71 bits per heavy atom. The second kappa shape index (κ2) is 13.0. The highest BCUT2D eigenvalue weighted by Crippen LogP contribution is 2.20. The van der Waals surface area contributed by atoms with Crippen LogP contribution in [0.15, 0.2) is 11.6 Å². The molecule has 0 aromatic heterocycles. The largest absolute Gasteiger partial charge is 0.462 e. The van der Waals surface area contributed by atoms with Crippen LogP contribution in [-0.2, 0) is 19.1 Å². The third kappa shape index (κ3) is 10.5. The van der Waals surface area contributed by atoms with E-state index in [2.05, 4.69) is 13.8 Å². The van der Waals surface area contributed by atoms with Crippen molar-refractivity contribution >= 4 is 11.9 Å². The van der Waals surface area contributed by atoms with Crippen molar-refractivity contribution in [1.29, 1.82) is 0 Å². The Hall–Kier alpha value is -1.32. The molecule has 0 fully saturated rings. The summed E-state index contributed by atoms with van der Waals surface area (Å²) < 4.78 is 10.5. The molecule has 0 amide bonds. The van der Waals surface area contributed by atoms with Crippen molar-refractivity contribution in [2.45, 2.75) is 73.6 Å². The van der Waals surface area contributed by atoms with Crippen molar-refractivity contribution in [1.82, 2.24) is 0 Å². The van der Waals surface area contributed by atoms with E-state index in [0.717, 1.165) is 32.1 Å². The summed E-state index contributed by atoms with van der Waals surface area (Å²) in [5, 5.41) is 0. The number of rotatable bonds is 12. The minimum atomic E-state index is -0.560.